The van der Waals surface area contributed by atoms with E-state index < -0.39 is 0 Å². The first-order valence-corrected chi connectivity index (χ1v) is 10.5. The summed E-state index contributed by atoms with van der Waals surface area (Å²) in [5.41, 5.74) is 3.64. The number of fused-ring (bicyclic) bond motifs is 1. The van der Waals surface area contributed by atoms with Crippen molar-refractivity contribution in [2.75, 3.05) is 5.32 Å². The smallest absolute Gasteiger partial charge is 0.320 e. The molecule has 0 saturated carbocycles. The Balaban J connectivity index is 1.44. The predicted octanol–water partition coefficient (Wildman–Crippen LogP) is 4.33. The highest BCUT2D eigenvalue weighted by molar-refractivity contribution is 7.11. The summed E-state index contributed by atoms with van der Waals surface area (Å²) < 4.78 is 1.81. The zero-order valence-corrected chi connectivity index (χ0v) is 18.1. The molecule has 2 amide bonds. The van der Waals surface area contributed by atoms with E-state index in [1.165, 1.54) is 0 Å². The topological polar surface area (TPSA) is 97.6 Å². The molecule has 4 aromatic heterocycles. The first-order valence-electron chi connectivity index (χ1n) is 9.68. The second-order valence-corrected chi connectivity index (χ2v) is 8.48. The minimum atomic E-state index is -0.308. The van der Waals surface area contributed by atoms with Gasteiger partial charge >= 0.3 is 6.03 Å². The maximum atomic E-state index is 12.3. The van der Waals surface area contributed by atoms with E-state index in [0.29, 0.717) is 18.3 Å². The monoisotopic (exact) mass is 421 g/mol. The largest absolute Gasteiger partial charge is 0.333 e. The molecule has 0 atom stereocenters. The Labute approximate surface area is 178 Å². The van der Waals surface area contributed by atoms with Crippen LogP contribution in [0.5, 0.6) is 0 Å². The molecule has 0 bridgehead atoms. The molecule has 2 N–H and O–H groups in total. The molecule has 4 aromatic rings. The SMILES string of the molecule is Cc1cc(-n2ncc3cc(NC(=O)NCc4sc(C(C)C)nc4C)ncc32)ccn1. The lowest BCUT2D eigenvalue weighted by atomic mass is 10.2. The van der Waals surface area contributed by atoms with Gasteiger partial charge in [-0.2, -0.15) is 5.10 Å². The molecule has 8 nitrogen and oxygen atoms in total. The molecule has 0 aromatic carbocycles. The van der Waals surface area contributed by atoms with Gasteiger partial charge in [-0.25, -0.2) is 19.4 Å². The number of rotatable bonds is 5. The van der Waals surface area contributed by atoms with E-state index in [0.717, 1.165) is 37.9 Å². The highest BCUT2D eigenvalue weighted by Gasteiger charge is 2.12. The van der Waals surface area contributed by atoms with Gasteiger partial charge in [-0.05, 0) is 32.0 Å². The van der Waals surface area contributed by atoms with E-state index in [4.69, 9.17) is 0 Å². The fourth-order valence-electron chi connectivity index (χ4n) is 3.05. The summed E-state index contributed by atoms with van der Waals surface area (Å²) in [6.45, 7) is 8.56. The van der Waals surface area contributed by atoms with Crippen molar-refractivity contribution in [3.05, 3.63) is 58.1 Å². The van der Waals surface area contributed by atoms with Gasteiger partial charge in [0.1, 0.15) is 5.82 Å². The first kappa shape index (κ1) is 20.0. The summed E-state index contributed by atoms with van der Waals surface area (Å²) in [7, 11) is 0. The van der Waals surface area contributed by atoms with E-state index in [1.807, 2.05) is 26.0 Å². The van der Waals surface area contributed by atoms with E-state index in [1.54, 1.807) is 40.7 Å². The number of aromatic nitrogens is 5. The molecule has 4 rings (SSSR count). The summed E-state index contributed by atoms with van der Waals surface area (Å²) in [5, 5.41) is 12.1. The van der Waals surface area contributed by atoms with E-state index in [2.05, 4.69) is 44.5 Å². The third-order valence-electron chi connectivity index (χ3n) is 4.63. The number of carbonyl (C=O) groups excluding carboxylic acids is 1. The predicted molar refractivity (Wildman–Crippen MR) is 118 cm³/mol. The number of hydrogen-bond acceptors (Lipinski definition) is 6. The van der Waals surface area contributed by atoms with Crippen LogP contribution < -0.4 is 10.6 Å². The van der Waals surface area contributed by atoms with Crippen LogP contribution >= 0.6 is 11.3 Å². The molecule has 0 fully saturated rings. The van der Waals surface area contributed by atoms with Gasteiger partial charge in [0.25, 0.3) is 0 Å². The van der Waals surface area contributed by atoms with Gasteiger partial charge in [-0.15, -0.1) is 11.3 Å². The van der Waals surface area contributed by atoms with Crippen molar-refractivity contribution >= 4 is 34.1 Å². The maximum absolute atomic E-state index is 12.3. The molecule has 9 heteroatoms. The molecule has 4 heterocycles. The number of urea groups is 1. The Hall–Kier alpha value is -3.33. The first-order chi connectivity index (χ1) is 14.4. The quantitative estimate of drug-likeness (QED) is 0.500. The maximum Gasteiger partial charge on any atom is 0.320 e. The normalized spacial score (nSPS) is 11.2. The summed E-state index contributed by atoms with van der Waals surface area (Å²) in [5.74, 6) is 0.846. The van der Waals surface area contributed by atoms with Crippen LogP contribution in [0.15, 0.2) is 36.8 Å². The van der Waals surface area contributed by atoms with Gasteiger partial charge in [0, 0.05) is 28.1 Å². The van der Waals surface area contributed by atoms with Crippen molar-refractivity contribution in [3.63, 3.8) is 0 Å². The van der Waals surface area contributed by atoms with Crippen LogP contribution in [-0.2, 0) is 6.54 Å². The molecule has 0 aliphatic rings. The van der Waals surface area contributed by atoms with Crippen LogP contribution in [0.3, 0.4) is 0 Å². The number of pyridine rings is 2. The number of nitrogens with zero attached hydrogens (tertiary/aromatic N) is 5. The van der Waals surface area contributed by atoms with Crippen molar-refractivity contribution in [1.82, 2.24) is 30.0 Å². The molecule has 0 spiro atoms. The second-order valence-electron chi connectivity index (χ2n) is 7.36. The van der Waals surface area contributed by atoms with Crippen molar-refractivity contribution in [2.24, 2.45) is 0 Å². The number of carbonyl (C=O) groups is 1. The molecule has 0 aliphatic heterocycles. The summed E-state index contributed by atoms with van der Waals surface area (Å²) >= 11 is 1.63. The molecular weight excluding hydrogens is 398 g/mol. The van der Waals surface area contributed by atoms with Crippen LogP contribution in [0.2, 0.25) is 0 Å². The summed E-state index contributed by atoms with van der Waals surface area (Å²) in [6, 6.07) is 5.35. The summed E-state index contributed by atoms with van der Waals surface area (Å²) in [6.07, 6.45) is 5.21. The average molecular weight is 422 g/mol. The molecule has 0 saturated heterocycles. The van der Waals surface area contributed by atoms with Gasteiger partial charge < -0.3 is 5.32 Å². The van der Waals surface area contributed by atoms with E-state index in [9.17, 15) is 4.79 Å². The zero-order chi connectivity index (χ0) is 21.3. The van der Waals surface area contributed by atoms with Crippen molar-refractivity contribution in [1.29, 1.82) is 0 Å². The van der Waals surface area contributed by atoms with Crippen LogP contribution in [-0.4, -0.2) is 30.8 Å². The van der Waals surface area contributed by atoms with Gasteiger partial charge in [-0.3, -0.25) is 10.3 Å². The molecule has 0 aliphatic carbocycles. The minimum Gasteiger partial charge on any atom is -0.333 e. The molecule has 30 heavy (non-hydrogen) atoms. The number of thiazole rings is 1. The van der Waals surface area contributed by atoms with Crippen molar-refractivity contribution < 1.29 is 4.79 Å². The van der Waals surface area contributed by atoms with Crippen molar-refractivity contribution in [3.8, 4) is 5.69 Å². The van der Waals surface area contributed by atoms with Crippen molar-refractivity contribution in [2.45, 2.75) is 40.2 Å². The van der Waals surface area contributed by atoms with E-state index in [-0.39, 0.29) is 6.03 Å². The average Bonchev–Trinajstić information content (AvgIpc) is 3.29. The Kier molecular flexibility index (Phi) is 5.45. The Bertz CT molecular complexity index is 1210. The van der Waals surface area contributed by atoms with Gasteiger partial charge in [0.2, 0.25) is 0 Å². The molecular formula is C21H23N7OS. The van der Waals surface area contributed by atoms with Crippen LogP contribution in [0, 0.1) is 13.8 Å². The van der Waals surface area contributed by atoms with Crippen LogP contribution in [0.4, 0.5) is 10.6 Å². The van der Waals surface area contributed by atoms with Crippen LogP contribution in [0.25, 0.3) is 16.6 Å². The molecule has 0 radical (unpaired) electrons. The lowest BCUT2D eigenvalue weighted by Crippen LogP contribution is -2.28. The fourth-order valence-corrected chi connectivity index (χ4v) is 4.05. The standard InChI is InChI=1S/C21H23N7OS/c1-12(2)20-26-14(4)18(30-20)11-24-21(29)27-19-8-15-9-25-28(17(15)10-23-19)16-5-6-22-13(3)7-16/h5-10,12H,11H2,1-4H3,(H2,23,24,27,29). The number of nitrogens with one attached hydrogen (secondary N) is 2. The number of aryl methyl sites for hydroxylation is 2. The Morgan fingerprint density at radius 3 is 2.77 bits per heavy atom. The summed E-state index contributed by atoms with van der Waals surface area (Å²) in [4.78, 5) is 26.5. The molecule has 154 valence electrons. The zero-order valence-electron chi connectivity index (χ0n) is 17.3. The highest BCUT2D eigenvalue weighted by atomic mass is 32.1. The number of anilines is 1. The van der Waals surface area contributed by atoms with E-state index >= 15 is 0 Å². The fraction of sp³-hybridized carbons (Fsp3) is 0.286. The third kappa shape index (κ3) is 4.16. The van der Waals surface area contributed by atoms with Crippen LogP contribution in [0.1, 0.15) is 41.0 Å². The third-order valence-corrected chi connectivity index (χ3v) is 6.09. The lowest BCUT2D eigenvalue weighted by molar-refractivity contribution is 0.251. The van der Waals surface area contributed by atoms with Gasteiger partial charge in [0.05, 0.1) is 40.8 Å². The molecule has 0 unspecified atom stereocenters. The minimum absolute atomic E-state index is 0.308. The number of hydrogen-bond donors (Lipinski definition) is 2. The highest BCUT2D eigenvalue weighted by Crippen LogP contribution is 2.24. The van der Waals surface area contributed by atoms with Gasteiger partial charge in [0.15, 0.2) is 0 Å². The number of amides is 2. The van der Waals surface area contributed by atoms with Gasteiger partial charge in [-0.1, -0.05) is 13.8 Å². The lowest BCUT2D eigenvalue weighted by Gasteiger charge is -2.07. The Morgan fingerprint density at radius 2 is 2.03 bits per heavy atom. The second kappa shape index (κ2) is 8.19. The Morgan fingerprint density at radius 1 is 1.20 bits per heavy atom.